The SMILES string of the molecule is Cc1cnn(CCN=C2NC(C)CCS2)c1. The van der Waals surface area contributed by atoms with Gasteiger partial charge in [0.1, 0.15) is 0 Å². The Morgan fingerprint density at radius 3 is 3.25 bits per heavy atom. The highest BCUT2D eigenvalue weighted by Crippen LogP contribution is 2.13. The van der Waals surface area contributed by atoms with Gasteiger partial charge in [0.25, 0.3) is 0 Å². The average Bonchev–Trinajstić information content (AvgIpc) is 2.64. The number of hydrogen-bond acceptors (Lipinski definition) is 3. The molecule has 88 valence electrons. The van der Waals surface area contributed by atoms with Crippen LogP contribution in [0.1, 0.15) is 18.9 Å². The molecule has 4 nitrogen and oxygen atoms in total. The van der Waals surface area contributed by atoms with E-state index in [-0.39, 0.29) is 0 Å². The first kappa shape index (κ1) is 11.5. The van der Waals surface area contributed by atoms with Crippen LogP contribution in [0, 0.1) is 6.92 Å². The summed E-state index contributed by atoms with van der Waals surface area (Å²) < 4.78 is 1.94. The molecule has 0 saturated carbocycles. The molecule has 0 aliphatic carbocycles. The molecule has 1 aromatic rings. The van der Waals surface area contributed by atoms with Crippen molar-refractivity contribution in [3.05, 3.63) is 18.0 Å². The summed E-state index contributed by atoms with van der Waals surface area (Å²) in [6.45, 7) is 5.90. The van der Waals surface area contributed by atoms with Crippen LogP contribution in [0.25, 0.3) is 0 Å². The largest absolute Gasteiger partial charge is 0.362 e. The predicted molar refractivity (Wildman–Crippen MR) is 68.9 cm³/mol. The molecule has 0 bridgehead atoms. The fraction of sp³-hybridized carbons (Fsp3) is 0.636. The van der Waals surface area contributed by atoms with Crippen molar-refractivity contribution < 1.29 is 0 Å². The molecule has 0 aromatic carbocycles. The van der Waals surface area contributed by atoms with Crippen LogP contribution in [0.2, 0.25) is 0 Å². The lowest BCUT2D eigenvalue weighted by Crippen LogP contribution is -2.35. The number of aliphatic imine (C=N–C) groups is 1. The molecule has 16 heavy (non-hydrogen) atoms. The van der Waals surface area contributed by atoms with Gasteiger partial charge in [0.15, 0.2) is 5.17 Å². The number of amidine groups is 1. The lowest BCUT2D eigenvalue weighted by molar-refractivity contribution is 0.616. The van der Waals surface area contributed by atoms with Crippen LogP contribution in [-0.4, -0.2) is 33.3 Å². The zero-order valence-electron chi connectivity index (χ0n) is 9.81. The Morgan fingerprint density at radius 2 is 2.56 bits per heavy atom. The Hall–Kier alpha value is -0.970. The average molecular weight is 238 g/mol. The van der Waals surface area contributed by atoms with Gasteiger partial charge in [-0.15, -0.1) is 0 Å². The van der Waals surface area contributed by atoms with Crippen LogP contribution >= 0.6 is 11.8 Å². The molecule has 2 heterocycles. The molecular weight excluding hydrogens is 220 g/mol. The molecule has 1 atom stereocenters. The number of rotatable bonds is 3. The van der Waals surface area contributed by atoms with Crippen LogP contribution in [-0.2, 0) is 6.54 Å². The highest BCUT2D eigenvalue weighted by Gasteiger charge is 2.12. The maximum Gasteiger partial charge on any atom is 0.156 e. The van der Waals surface area contributed by atoms with Crippen LogP contribution in [0.5, 0.6) is 0 Å². The lowest BCUT2D eigenvalue weighted by Gasteiger charge is -2.21. The number of aromatic nitrogens is 2. The monoisotopic (exact) mass is 238 g/mol. The molecule has 1 aliphatic rings. The quantitative estimate of drug-likeness (QED) is 0.871. The topological polar surface area (TPSA) is 42.2 Å². The van der Waals surface area contributed by atoms with Crippen molar-refractivity contribution in [1.82, 2.24) is 15.1 Å². The predicted octanol–water partition coefficient (Wildman–Crippen LogP) is 1.66. The van der Waals surface area contributed by atoms with Gasteiger partial charge in [-0.1, -0.05) is 11.8 Å². The van der Waals surface area contributed by atoms with Gasteiger partial charge in [0, 0.05) is 18.0 Å². The maximum absolute atomic E-state index is 4.55. The van der Waals surface area contributed by atoms with Gasteiger partial charge in [0.05, 0.1) is 19.3 Å². The Kier molecular flexibility index (Phi) is 3.88. The highest BCUT2D eigenvalue weighted by molar-refractivity contribution is 8.13. The zero-order chi connectivity index (χ0) is 11.4. The van der Waals surface area contributed by atoms with E-state index < -0.39 is 0 Å². The summed E-state index contributed by atoms with van der Waals surface area (Å²) in [4.78, 5) is 4.55. The summed E-state index contributed by atoms with van der Waals surface area (Å²) in [6, 6.07) is 0.562. The fourth-order valence-corrected chi connectivity index (χ4v) is 2.72. The first-order valence-corrected chi connectivity index (χ1v) is 6.65. The van der Waals surface area contributed by atoms with Crippen molar-refractivity contribution in [2.75, 3.05) is 12.3 Å². The van der Waals surface area contributed by atoms with Gasteiger partial charge >= 0.3 is 0 Å². The van der Waals surface area contributed by atoms with Crippen molar-refractivity contribution in [2.24, 2.45) is 4.99 Å². The normalized spacial score (nSPS) is 23.4. The molecule has 1 fully saturated rings. The minimum Gasteiger partial charge on any atom is -0.362 e. The summed E-state index contributed by atoms with van der Waals surface area (Å²) in [5, 5.41) is 8.71. The van der Waals surface area contributed by atoms with Crippen LogP contribution in [0.4, 0.5) is 0 Å². The van der Waals surface area contributed by atoms with Crippen LogP contribution < -0.4 is 5.32 Å². The minimum absolute atomic E-state index is 0.562. The van der Waals surface area contributed by atoms with Crippen LogP contribution in [0.15, 0.2) is 17.4 Å². The molecule has 0 amide bonds. The Bertz CT molecular complexity index is 372. The summed E-state index contributed by atoms with van der Waals surface area (Å²) in [5.41, 5.74) is 1.20. The van der Waals surface area contributed by atoms with E-state index in [1.54, 1.807) is 0 Å². The summed E-state index contributed by atoms with van der Waals surface area (Å²) in [5.74, 6) is 1.17. The third kappa shape index (κ3) is 3.27. The van der Waals surface area contributed by atoms with E-state index in [1.807, 2.05) is 28.8 Å². The number of aryl methyl sites for hydroxylation is 1. The van der Waals surface area contributed by atoms with Crippen molar-refractivity contribution >= 4 is 16.9 Å². The Labute approximate surface area is 101 Å². The number of nitrogens with one attached hydrogen (secondary N) is 1. The van der Waals surface area contributed by atoms with E-state index in [1.165, 1.54) is 17.7 Å². The van der Waals surface area contributed by atoms with Gasteiger partial charge in [-0.2, -0.15) is 5.10 Å². The van der Waals surface area contributed by atoms with Crippen molar-refractivity contribution in [3.63, 3.8) is 0 Å². The minimum atomic E-state index is 0.562. The van der Waals surface area contributed by atoms with E-state index in [9.17, 15) is 0 Å². The number of hydrogen-bond donors (Lipinski definition) is 1. The molecular formula is C11H18N4S. The van der Waals surface area contributed by atoms with E-state index in [0.717, 1.165) is 18.3 Å². The maximum atomic E-state index is 4.55. The first-order chi connectivity index (χ1) is 7.74. The molecule has 1 aliphatic heterocycles. The number of nitrogens with zero attached hydrogens (tertiary/aromatic N) is 3. The van der Waals surface area contributed by atoms with Gasteiger partial charge < -0.3 is 5.32 Å². The van der Waals surface area contributed by atoms with Gasteiger partial charge in [-0.3, -0.25) is 9.67 Å². The van der Waals surface area contributed by atoms with Crippen molar-refractivity contribution in [3.8, 4) is 0 Å². The molecule has 2 rings (SSSR count). The Balaban J connectivity index is 1.80. The fourth-order valence-electron chi connectivity index (χ4n) is 1.59. The van der Waals surface area contributed by atoms with Crippen LogP contribution in [0.3, 0.4) is 0 Å². The molecule has 0 radical (unpaired) electrons. The molecule has 0 spiro atoms. The van der Waals surface area contributed by atoms with Crippen molar-refractivity contribution in [1.29, 1.82) is 0 Å². The second-order valence-corrected chi connectivity index (χ2v) is 5.23. The van der Waals surface area contributed by atoms with E-state index in [2.05, 4.69) is 29.3 Å². The van der Waals surface area contributed by atoms with Gasteiger partial charge in [-0.25, -0.2) is 0 Å². The van der Waals surface area contributed by atoms with E-state index in [0.29, 0.717) is 6.04 Å². The third-order valence-corrected chi connectivity index (χ3v) is 3.47. The van der Waals surface area contributed by atoms with E-state index in [4.69, 9.17) is 0 Å². The molecule has 5 heteroatoms. The van der Waals surface area contributed by atoms with Gasteiger partial charge in [-0.05, 0) is 25.8 Å². The molecule has 1 aromatic heterocycles. The smallest absolute Gasteiger partial charge is 0.156 e. The van der Waals surface area contributed by atoms with E-state index >= 15 is 0 Å². The van der Waals surface area contributed by atoms with Gasteiger partial charge in [0.2, 0.25) is 0 Å². The third-order valence-electron chi connectivity index (χ3n) is 2.51. The molecule has 1 N–H and O–H groups in total. The van der Waals surface area contributed by atoms with Crippen molar-refractivity contribution in [2.45, 2.75) is 32.9 Å². The molecule has 1 unspecified atom stereocenters. The highest BCUT2D eigenvalue weighted by atomic mass is 32.2. The summed E-state index contributed by atoms with van der Waals surface area (Å²) in [7, 11) is 0. The first-order valence-electron chi connectivity index (χ1n) is 5.67. The second kappa shape index (κ2) is 5.39. The second-order valence-electron chi connectivity index (χ2n) is 4.15. The summed E-state index contributed by atoms with van der Waals surface area (Å²) in [6.07, 6.45) is 5.15. The standard InChI is InChI=1S/C11H18N4S/c1-9-7-13-15(8-9)5-4-12-11-14-10(2)3-6-16-11/h7-8,10H,3-6H2,1-2H3,(H,12,14). The Morgan fingerprint density at radius 1 is 1.69 bits per heavy atom. The summed E-state index contributed by atoms with van der Waals surface area (Å²) >= 11 is 1.82. The molecule has 1 saturated heterocycles. The lowest BCUT2D eigenvalue weighted by atomic mass is 10.3. The number of thioether (sulfide) groups is 1. The zero-order valence-corrected chi connectivity index (χ0v) is 10.6.